The zero-order chi connectivity index (χ0) is 6.81. The van der Waals surface area contributed by atoms with Crippen molar-refractivity contribution in [3.8, 4) is 0 Å². The van der Waals surface area contributed by atoms with E-state index in [4.69, 9.17) is 0 Å². The molecular formula is C8H9NSi. The first-order valence-corrected chi connectivity index (χ1v) is 4.98. The van der Waals surface area contributed by atoms with Gasteiger partial charge in [-0.1, -0.05) is 30.0 Å². The Balaban J connectivity index is 2.54. The van der Waals surface area contributed by atoms with Crippen molar-refractivity contribution in [2.75, 3.05) is 4.98 Å². The summed E-state index contributed by atoms with van der Waals surface area (Å²) >= 11 is 0. The van der Waals surface area contributed by atoms with E-state index >= 15 is 0 Å². The van der Waals surface area contributed by atoms with Crippen LogP contribution >= 0.6 is 0 Å². The molecule has 0 fully saturated rings. The first-order valence-electron chi connectivity index (χ1n) is 3.46. The van der Waals surface area contributed by atoms with Gasteiger partial charge in [-0.25, -0.2) is 0 Å². The van der Waals surface area contributed by atoms with E-state index in [9.17, 15) is 0 Å². The summed E-state index contributed by atoms with van der Waals surface area (Å²) in [6.45, 7) is 0. The maximum atomic E-state index is 3.41. The van der Waals surface area contributed by atoms with Gasteiger partial charge >= 0.3 is 0 Å². The highest BCUT2D eigenvalue weighted by molar-refractivity contribution is 6.48. The van der Waals surface area contributed by atoms with E-state index in [2.05, 4.69) is 41.0 Å². The largest absolute Gasteiger partial charge is 0.412 e. The number of hydrogen-bond acceptors (Lipinski definition) is 1. The van der Waals surface area contributed by atoms with E-state index in [1.807, 2.05) is 0 Å². The van der Waals surface area contributed by atoms with E-state index < -0.39 is 0 Å². The Labute approximate surface area is 62.7 Å². The Kier molecular flexibility index (Phi) is 1.32. The van der Waals surface area contributed by atoms with Gasteiger partial charge in [0.15, 0.2) is 0 Å². The third kappa shape index (κ3) is 0.865. The standard InChI is InChI=1S/C8H9NSi/c1-2-4-8-7(3-1)5-6-10-9-8/h1-6,9H,10H2. The van der Waals surface area contributed by atoms with Crippen molar-refractivity contribution in [3.05, 3.63) is 35.5 Å². The topological polar surface area (TPSA) is 12.0 Å². The van der Waals surface area contributed by atoms with Crippen LogP contribution in [0.1, 0.15) is 5.56 Å². The average Bonchev–Trinajstić information content (AvgIpc) is 2.05. The number of anilines is 1. The zero-order valence-electron chi connectivity index (χ0n) is 5.67. The van der Waals surface area contributed by atoms with Crippen molar-refractivity contribution >= 4 is 21.4 Å². The van der Waals surface area contributed by atoms with Crippen LogP contribution in [0.15, 0.2) is 30.0 Å². The fourth-order valence-corrected chi connectivity index (χ4v) is 2.19. The molecular weight excluding hydrogens is 138 g/mol. The zero-order valence-corrected chi connectivity index (χ0v) is 7.09. The minimum atomic E-state index is -0.131. The molecule has 1 aliphatic rings. The van der Waals surface area contributed by atoms with Crippen molar-refractivity contribution in [3.63, 3.8) is 0 Å². The van der Waals surface area contributed by atoms with Gasteiger partial charge in [0.1, 0.15) is 9.68 Å². The van der Waals surface area contributed by atoms with Crippen LogP contribution in [-0.4, -0.2) is 9.68 Å². The summed E-state index contributed by atoms with van der Waals surface area (Å²) < 4.78 is 0. The molecule has 1 N–H and O–H groups in total. The molecule has 0 amide bonds. The Hall–Kier alpha value is -1.02. The molecule has 0 aromatic heterocycles. The van der Waals surface area contributed by atoms with Crippen molar-refractivity contribution in [1.82, 2.24) is 0 Å². The molecule has 1 nitrogen and oxygen atoms in total. The molecule has 2 heteroatoms. The molecule has 1 heterocycles. The van der Waals surface area contributed by atoms with Crippen LogP contribution in [-0.2, 0) is 0 Å². The minimum absolute atomic E-state index is 0.131. The van der Waals surface area contributed by atoms with Crippen molar-refractivity contribution < 1.29 is 0 Å². The second kappa shape index (κ2) is 2.31. The van der Waals surface area contributed by atoms with Crippen molar-refractivity contribution in [2.45, 2.75) is 0 Å². The van der Waals surface area contributed by atoms with Crippen LogP contribution < -0.4 is 4.98 Å². The van der Waals surface area contributed by atoms with Crippen molar-refractivity contribution in [1.29, 1.82) is 0 Å². The Morgan fingerprint density at radius 3 is 3.00 bits per heavy atom. The van der Waals surface area contributed by atoms with Gasteiger partial charge in [0.2, 0.25) is 0 Å². The number of nitrogens with one attached hydrogen (secondary N) is 1. The van der Waals surface area contributed by atoms with Gasteiger partial charge in [-0.15, -0.1) is 0 Å². The van der Waals surface area contributed by atoms with Crippen LogP contribution in [0.2, 0.25) is 0 Å². The van der Waals surface area contributed by atoms with Crippen LogP contribution in [0.5, 0.6) is 0 Å². The number of rotatable bonds is 0. The first-order chi connectivity index (χ1) is 4.97. The first kappa shape index (κ1) is 5.74. The molecule has 0 saturated heterocycles. The lowest BCUT2D eigenvalue weighted by atomic mass is 10.2. The lowest BCUT2D eigenvalue weighted by molar-refractivity contribution is 1.61. The van der Waals surface area contributed by atoms with E-state index in [1.54, 1.807) is 0 Å². The van der Waals surface area contributed by atoms with Crippen LogP contribution in [0, 0.1) is 0 Å². The molecule has 1 aliphatic heterocycles. The quantitative estimate of drug-likeness (QED) is 0.543. The van der Waals surface area contributed by atoms with Crippen molar-refractivity contribution in [2.24, 2.45) is 0 Å². The maximum absolute atomic E-state index is 3.41. The normalized spacial score (nSPS) is 16.4. The lowest BCUT2D eigenvalue weighted by Gasteiger charge is -2.10. The second-order valence-electron chi connectivity index (χ2n) is 2.37. The van der Waals surface area contributed by atoms with Gasteiger partial charge in [-0.2, -0.15) is 0 Å². The van der Waals surface area contributed by atoms with E-state index in [0.29, 0.717) is 0 Å². The van der Waals surface area contributed by atoms with E-state index in [0.717, 1.165) is 0 Å². The fourth-order valence-electron chi connectivity index (χ4n) is 1.16. The minimum Gasteiger partial charge on any atom is -0.412 e. The number of fused-ring (bicyclic) bond motifs is 1. The summed E-state index contributed by atoms with van der Waals surface area (Å²) in [6.07, 6.45) is 2.21. The van der Waals surface area contributed by atoms with Gasteiger partial charge in [0.25, 0.3) is 0 Å². The molecule has 1 aromatic rings. The third-order valence-electron chi connectivity index (χ3n) is 1.67. The monoisotopic (exact) mass is 147 g/mol. The number of para-hydroxylation sites is 1. The molecule has 1 aromatic carbocycles. The van der Waals surface area contributed by atoms with Crippen LogP contribution in [0.25, 0.3) is 6.08 Å². The molecule has 50 valence electrons. The van der Waals surface area contributed by atoms with Crippen LogP contribution in [0.3, 0.4) is 0 Å². The molecule has 0 radical (unpaired) electrons. The van der Waals surface area contributed by atoms with Gasteiger partial charge in [0.05, 0.1) is 0 Å². The summed E-state index contributed by atoms with van der Waals surface area (Å²) in [6, 6.07) is 8.40. The highest BCUT2D eigenvalue weighted by Crippen LogP contribution is 2.18. The summed E-state index contributed by atoms with van der Waals surface area (Å²) in [5.41, 5.74) is 4.89. The molecule has 0 atom stereocenters. The third-order valence-corrected chi connectivity index (χ3v) is 2.72. The second-order valence-corrected chi connectivity index (χ2v) is 3.60. The Morgan fingerprint density at radius 2 is 2.10 bits per heavy atom. The van der Waals surface area contributed by atoms with Gasteiger partial charge < -0.3 is 4.98 Å². The molecule has 0 spiro atoms. The predicted octanol–water partition coefficient (Wildman–Crippen LogP) is 1.17. The molecule has 0 aliphatic carbocycles. The summed E-state index contributed by atoms with van der Waals surface area (Å²) in [5.74, 6) is 0. The Bertz CT molecular complexity index is 268. The SMILES string of the molecule is C1=Cc2ccccc2N[SiH2]1. The molecule has 0 unspecified atom stereocenters. The van der Waals surface area contributed by atoms with Gasteiger partial charge in [-0.05, 0) is 11.6 Å². The van der Waals surface area contributed by atoms with E-state index in [1.165, 1.54) is 11.3 Å². The average molecular weight is 147 g/mol. The molecule has 2 rings (SSSR count). The smallest absolute Gasteiger partial charge is 0.145 e. The summed E-state index contributed by atoms with van der Waals surface area (Å²) in [5, 5.41) is 0. The number of hydrogen-bond donors (Lipinski definition) is 1. The summed E-state index contributed by atoms with van der Waals surface area (Å²) in [7, 11) is -0.131. The lowest BCUT2D eigenvalue weighted by Crippen LogP contribution is -2.07. The van der Waals surface area contributed by atoms with Gasteiger partial charge in [0, 0.05) is 5.69 Å². The van der Waals surface area contributed by atoms with Crippen LogP contribution in [0.4, 0.5) is 5.69 Å². The van der Waals surface area contributed by atoms with Gasteiger partial charge in [-0.3, -0.25) is 0 Å². The molecule has 0 bridgehead atoms. The maximum Gasteiger partial charge on any atom is 0.145 e. The predicted molar refractivity (Wildman–Crippen MR) is 47.6 cm³/mol. The highest BCUT2D eigenvalue weighted by Gasteiger charge is 1.99. The highest BCUT2D eigenvalue weighted by atomic mass is 28.2. The van der Waals surface area contributed by atoms with E-state index in [-0.39, 0.29) is 9.68 Å². The Morgan fingerprint density at radius 1 is 1.20 bits per heavy atom. The number of benzene rings is 1. The molecule has 10 heavy (non-hydrogen) atoms. The molecule has 0 saturated carbocycles. The fraction of sp³-hybridized carbons (Fsp3) is 0. The summed E-state index contributed by atoms with van der Waals surface area (Å²) in [4.78, 5) is 3.41.